The minimum Gasteiger partial charge on any atom is -0.350 e. The van der Waals surface area contributed by atoms with E-state index in [9.17, 15) is 4.57 Å². The first kappa shape index (κ1) is 22.0. The van der Waals surface area contributed by atoms with Crippen molar-refractivity contribution in [1.29, 1.82) is 0 Å². The Morgan fingerprint density at radius 3 is 1.58 bits per heavy atom. The minimum absolute atomic E-state index is 0.413. The maximum atomic E-state index is 14.0. The Balaban J connectivity index is 3.41. The average molecular weight is 404 g/mol. The lowest BCUT2D eigenvalue weighted by molar-refractivity contribution is 0.365. The zero-order chi connectivity index (χ0) is 18.8. The summed E-state index contributed by atoms with van der Waals surface area (Å²) in [5.41, 5.74) is 0.972. The van der Waals surface area contributed by atoms with Gasteiger partial charge in [-0.1, -0.05) is 50.0 Å². The first-order valence-corrected chi connectivity index (χ1v) is 20.4. The van der Waals surface area contributed by atoms with E-state index in [4.69, 9.17) is 8.43 Å². The predicted octanol–water partition coefficient (Wildman–Crippen LogP) is 6.01. The van der Waals surface area contributed by atoms with Crippen LogP contribution in [-0.2, 0) is 13.0 Å². The fraction of sp³-hybridized carbons (Fsp3) is 0.625. The second-order valence-electron chi connectivity index (χ2n) is 9.15. The molecule has 1 atom stereocenters. The third kappa shape index (κ3) is 7.91. The van der Waals surface area contributed by atoms with Crippen molar-refractivity contribution in [3.63, 3.8) is 0 Å². The Kier molecular flexibility index (Phi) is 7.06. The van der Waals surface area contributed by atoms with Gasteiger partial charge in [-0.3, -0.25) is 4.57 Å². The van der Waals surface area contributed by atoms with Gasteiger partial charge >= 0.3 is 7.60 Å². The highest BCUT2D eigenvalue weighted by molar-refractivity contribution is 7.57. The monoisotopic (exact) mass is 403 g/mol. The number of hydrogen-bond acceptors (Lipinski definition) is 4. The molecule has 0 heterocycles. The van der Waals surface area contributed by atoms with Crippen LogP contribution in [0.3, 0.4) is 0 Å². The van der Waals surface area contributed by atoms with Crippen molar-refractivity contribution in [2.45, 2.75) is 64.7 Å². The topological polar surface area (TPSA) is 47.6 Å². The van der Waals surface area contributed by atoms with E-state index in [0.717, 1.165) is 5.56 Å². The molecule has 0 aromatic heterocycles. The molecule has 1 aromatic rings. The number of hydrogen-bond donors (Lipinski definition) is 1. The van der Waals surface area contributed by atoms with E-state index in [2.05, 4.69) is 63.9 Å². The van der Waals surface area contributed by atoms with Crippen LogP contribution in [0, 0.1) is 0 Å². The quantitative estimate of drug-likeness (QED) is 0.427. The van der Waals surface area contributed by atoms with Gasteiger partial charge in [0.05, 0.1) is 0 Å². The van der Waals surface area contributed by atoms with Crippen LogP contribution in [-0.4, -0.2) is 24.9 Å². The van der Waals surface area contributed by atoms with E-state index in [1.165, 1.54) is 0 Å². The summed E-state index contributed by atoms with van der Waals surface area (Å²) in [4.78, 5) is 3.63. The smallest absolute Gasteiger partial charge is 0.332 e. The molecule has 0 aliphatic heterocycles. The lowest BCUT2D eigenvalue weighted by Crippen LogP contribution is -2.45. The van der Waals surface area contributed by atoms with Gasteiger partial charge in [-0.15, -0.1) is 0 Å². The summed E-state index contributed by atoms with van der Waals surface area (Å²) in [5.74, 6) is -0.413. The standard InChI is InChI=1S/C16H34NO3PSi3/c1-22(2,3)17-16(15-13-11-10-12-14-15)21(18,19-23(4,5)6)20-24(7,8)9/h10-14,16-17H,1-9H3. The molecule has 1 unspecified atom stereocenters. The Morgan fingerprint density at radius 2 is 1.25 bits per heavy atom. The highest BCUT2D eigenvalue weighted by Gasteiger charge is 2.45. The van der Waals surface area contributed by atoms with Crippen molar-refractivity contribution in [1.82, 2.24) is 4.98 Å². The zero-order valence-corrected chi connectivity index (χ0v) is 20.5. The van der Waals surface area contributed by atoms with E-state index in [-0.39, 0.29) is 0 Å². The van der Waals surface area contributed by atoms with Crippen LogP contribution < -0.4 is 4.98 Å². The van der Waals surface area contributed by atoms with Crippen LogP contribution in [0.15, 0.2) is 30.3 Å². The Hall–Kier alpha value is -0.0194. The Morgan fingerprint density at radius 1 is 0.833 bits per heavy atom. The molecule has 0 fully saturated rings. The molecular formula is C16H34NO3PSi3. The summed E-state index contributed by atoms with van der Waals surface area (Å²) >= 11 is 0. The normalized spacial score (nSPS) is 15.4. The van der Waals surface area contributed by atoms with Crippen molar-refractivity contribution in [2.24, 2.45) is 0 Å². The largest absolute Gasteiger partial charge is 0.350 e. The molecule has 0 aliphatic rings. The highest BCUT2D eigenvalue weighted by atomic mass is 31.2. The fourth-order valence-electron chi connectivity index (χ4n) is 2.28. The van der Waals surface area contributed by atoms with Gasteiger partial charge in [0.15, 0.2) is 16.6 Å². The molecule has 0 amide bonds. The van der Waals surface area contributed by atoms with Crippen molar-refractivity contribution >= 4 is 32.5 Å². The Bertz CT molecular complexity index is 557. The van der Waals surface area contributed by atoms with Crippen molar-refractivity contribution in [3.8, 4) is 0 Å². The van der Waals surface area contributed by atoms with Gasteiger partial charge in [0.1, 0.15) is 14.0 Å². The molecule has 1 rings (SSSR count). The molecule has 0 saturated carbocycles. The Labute approximate surface area is 151 Å². The average Bonchev–Trinajstić information content (AvgIpc) is 2.31. The van der Waals surface area contributed by atoms with Crippen LogP contribution >= 0.6 is 7.60 Å². The minimum atomic E-state index is -3.34. The van der Waals surface area contributed by atoms with E-state index in [0.29, 0.717) is 0 Å². The first-order chi connectivity index (χ1) is 10.6. The molecule has 8 heteroatoms. The molecular weight excluding hydrogens is 369 g/mol. The van der Waals surface area contributed by atoms with Crippen LogP contribution in [0.5, 0.6) is 0 Å². The fourth-order valence-corrected chi connectivity index (χ4v) is 13.0. The second-order valence-corrected chi connectivity index (χ2v) is 25.4. The van der Waals surface area contributed by atoms with Crippen molar-refractivity contribution in [3.05, 3.63) is 35.9 Å². The summed E-state index contributed by atoms with van der Waals surface area (Å²) < 4.78 is 26.5. The van der Waals surface area contributed by atoms with E-state index >= 15 is 0 Å². The first-order valence-electron chi connectivity index (χ1n) is 8.45. The van der Waals surface area contributed by atoms with Crippen LogP contribution in [0.1, 0.15) is 11.3 Å². The molecule has 4 nitrogen and oxygen atoms in total. The van der Waals surface area contributed by atoms with Crippen LogP contribution in [0.2, 0.25) is 58.9 Å². The van der Waals surface area contributed by atoms with E-state index in [1.54, 1.807) is 0 Å². The number of nitrogens with one attached hydrogen (secondary N) is 1. The molecule has 0 radical (unpaired) electrons. The van der Waals surface area contributed by atoms with Gasteiger partial charge in [0, 0.05) is 0 Å². The summed E-state index contributed by atoms with van der Waals surface area (Å²) in [6.45, 7) is 19.0. The highest BCUT2D eigenvalue weighted by Crippen LogP contribution is 2.63. The predicted molar refractivity (Wildman–Crippen MR) is 112 cm³/mol. The summed E-state index contributed by atoms with van der Waals surface area (Å²) in [7, 11) is -9.17. The van der Waals surface area contributed by atoms with E-state index in [1.807, 2.05) is 30.3 Å². The maximum absolute atomic E-state index is 14.0. The van der Waals surface area contributed by atoms with Gasteiger partial charge in [-0.2, -0.15) is 0 Å². The third-order valence-corrected chi connectivity index (χ3v) is 11.7. The lowest BCUT2D eigenvalue weighted by atomic mass is 10.2. The number of rotatable bonds is 8. The molecule has 0 saturated heterocycles. The molecule has 24 heavy (non-hydrogen) atoms. The van der Waals surface area contributed by atoms with Crippen LogP contribution in [0.25, 0.3) is 0 Å². The molecule has 138 valence electrons. The molecule has 0 bridgehead atoms. The number of benzene rings is 1. The SMILES string of the molecule is C[Si](C)(C)NC(c1ccccc1)P(=O)(O[Si](C)(C)C)O[Si](C)(C)C. The summed E-state index contributed by atoms with van der Waals surface area (Å²) in [5, 5.41) is 0. The van der Waals surface area contributed by atoms with Gasteiger partial charge in [-0.25, -0.2) is 0 Å². The summed E-state index contributed by atoms with van der Waals surface area (Å²) in [6.07, 6.45) is 0. The van der Waals surface area contributed by atoms with Gasteiger partial charge in [-0.05, 0) is 44.8 Å². The second kappa shape index (κ2) is 7.70. The lowest BCUT2D eigenvalue weighted by Gasteiger charge is -2.38. The molecule has 1 N–H and O–H groups in total. The third-order valence-electron chi connectivity index (χ3n) is 2.80. The summed E-state index contributed by atoms with van der Waals surface area (Å²) in [6, 6.07) is 9.93. The zero-order valence-electron chi connectivity index (χ0n) is 16.6. The molecule has 1 aromatic carbocycles. The van der Waals surface area contributed by atoms with Crippen molar-refractivity contribution in [2.75, 3.05) is 0 Å². The molecule has 0 spiro atoms. The maximum Gasteiger partial charge on any atom is 0.332 e. The van der Waals surface area contributed by atoms with Crippen molar-refractivity contribution < 1.29 is 13.0 Å². The van der Waals surface area contributed by atoms with Gasteiger partial charge in [0.25, 0.3) is 0 Å². The van der Waals surface area contributed by atoms with Gasteiger partial charge < -0.3 is 13.4 Å². The van der Waals surface area contributed by atoms with Gasteiger partial charge in [0.2, 0.25) is 0 Å². The van der Waals surface area contributed by atoms with E-state index < -0.39 is 38.2 Å². The van der Waals surface area contributed by atoms with Crippen LogP contribution in [0.4, 0.5) is 0 Å². The molecule has 0 aliphatic carbocycles.